The summed E-state index contributed by atoms with van der Waals surface area (Å²) < 4.78 is 0. The Bertz CT molecular complexity index is 907. The van der Waals surface area contributed by atoms with Gasteiger partial charge in [-0.05, 0) is 123 Å². The van der Waals surface area contributed by atoms with Gasteiger partial charge in [0.1, 0.15) is 5.76 Å². The van der Waals surface area contributed by atoms with Gasteiger partial charge in [0.05, 0.1) is 5.57 Å². The first-order valence-electron chi connectivity index (χ1n) is 13.2. The third-order valence-corrected chi connectivity index (χ3v) is 10.8. The van der Waals surface area contributed by atoms with Crippen LogP contribution in [0, 0.1) is 34.5 Å². The van der Waals surface area contributed by atoms with Crippen molar-refractivity contribution in [3.63, 3.8) is 0 Å². The van der Waals surface area contributed by atoms with Crippen LogP contribution in [-0.2, 0) is 4.79 Å². The highest BCUT2D eigenvalue weighted by atomic mass is 16.3. The molecule has 0 heterocycles. The maximum Gasteiger partial charge on any atom is 0.163 e. The van der Waals surface area contributed by atoms with Gasteiger partial charge in [-0.15, -0.1) is 0 Å². The molecular formula is C30H42O2. The van der Waals surface area contributed by atoms with Crippen molar-refractivity contribution in [2.75, 3.05) is 0 Å². The average molecular weight is 435 g/mol. The van der Waals surface area contributed by atoms with Gasteiger partial charge < -0.3 is 5.11 Å². The Morgan fingerprint density at radius 3 is 2.34 bits per heavy atom. The molecule has 174 valence electrons. The van der Waals surface area contributed by atoms with E-state index < -0.39 is 0 Å². The Kier molecular flexibility index (Phi) is 5.58. The second-order valence-electron chi connectivity index (χ2n) is 12.4. The molecule has 0 radical (unpaired) electrons. The number of Topliss-reactive ketones (excluding diaryl/α,β-unsaturated/α-hetero) is 1. The Balaban J connectivity index is 1.32. The number of hydrogen-bond acceptors (Lipinski definition) is 2. The van der Waals surface area contributed by atoms with Crippen LogP contribution in [0.1, 0.15) is 109 Å². The van der Waals surface area contributed by atoms with Crippen molar-refractivity contribution >= 4 is 11.4 Å². The van der Waals surface area contributed by atoms with Crippen LogP contribution in [0.15, 0.2) is 30.0 Å². The van der Waals surface area contributed by atoms with Gasteiger partial charge in [-0.1, -0.05) is 44.5 Å². The Hall–Kier alpha value is -1.57. The molecule has 1 N–H and O–H groups in total. The summed E-state index contributed by atoms with van der Waals surface area (Å²) in [6.07, 6.45) is 14.3. The van der Waals surface area contributed by atoms with E-state index in [1.54, 1.807) is 6.92 Å². The number of aliphatic hydroxyl groups is 1. The van der Waals surface area contributed by atoms with E-state index in [0.717, 1.165) is 29.2 Å². The number of aliphatic hydroxyl groups excluding tert-OH is 1. The lowest BCUT2D eigenvalue weighted by atomic mass is 9.44. The molecule has 0 spiro atoms. The summed E-state index contributed by atoms with van der Waals surface area (Å²) in [6, 6.07) is 8.51. The van der Waals surface area contributed by atoms with Crippen LogP contribution < -0.4 is 0 Å². The fourth-order valence-electron chi connectivity index (χ4n) is 9.14. The fraction of sp³-hybridized carbons (Fsp3) is 0.700. The van der Waals surface area contributed by atoms with E-state index in [9.17, 15) is 9.90 Å². The molecule has 2 nitrogen and oxygen atoms in total. The second kappa shape index (κ2) is 8.03. The molecule has 0 aromatic heterocycles. The van der Waals surface area contributed by atoms with Crippen LogP contribution in [0.25, 0.3) is 5.57 Å². The molecule has 4 saturated carbocycles. The largest absolute Gasteiger partial charge is 0.512 e. The van der Waals surface area contributed by atoms with Crippen LogP contribution >= 0.6 is 0 Å². The van der Waals surface area contributed by atoms with Gasteiger partial charge in [0.2, 0.25) is 0 Å². The number of ketones is 1. The van der Waals surface area contributed by atoms with Gasteiger partial charge >= 0.3 is 0 Å². The third-order valence-electron chi connectivity index (χ3n) is 10.8. The van der Waals surface area contributed by atoms with E-state index in [1.807, 2.05) is 12.1 Å². The van der Waals surface area contributed by atoms with Gasteiger partial charge in [0.15, 0.2) is 5.78 Å². The zero-order valence-electron chi connectivity index (χ0n) is 20.6. The molecule has 5 rings (SSSR count). The van der Waals surface area contributed by atoms with Crippen LogP contribution in [0.5, 0.6) is 0 Å². The van der Waals surface area contributed by atoms with Crippen molar-refractivity contribution in [1.82, 2.24) is 0 Å². The quantitative estimate of drug-likeness (QED) is 0.385. The molecule has 0 bridgehead atoms. The summed E-state index contributed by atoms with van der Waals surface area (Å²) in [5, 5.41) is 9.94. The highest BCUT2D eigenvalue weighted by molar-refractivity contribution is 6.20. The SMILES string of the molecule is CC(=O)C(=C(C)O)c1ccc(C2CC[C@]3(C)[C@H](CC[C@@H]4[C@H]5CCC[C@]5(C)CC[C@H]43)C2)cc1. The number of carbonyl (C=O) groups is 1. The molecule has 4 aliphatic rings. The molecule has 2 heteroatoms. The van der Waals surface area contributed by atoms with Gasteiger partial charge in [-0.3, -0.25) is 4.79 Å². The van der Waals surface area contributed by atoms with Crippen molar-refractivity contribution < 1.29 is 9.90 Å². The van der Waals surface area contributed by atoms with Crippen molar-refractivity contribution in [3.05, 3.63) is 41.2 Å². The van der Waals surface area contributed by atoms with Crippen LogP contribution in [0.3, 0.4) is 0 Å². The zero-order valence-corrected chi connectivity index (χ0v) is 20.6. The Labute approximate surface area is 194 Å². The maximum atomic E-state index is 12.0. The van der Waals surface area contributed by atoms with E-state index in [4.69, 9.17) is 0 Å². The molecule has 4 fully saturated rings. The number of carbonyl (C=O) groups excluding carboxylic acids is 1. The molecule has 0 saturated heterocycles. The summed E-state index contributed by atoms with van der Waals surface area (Å²) >= 11 is 0. The van der Waals surface area contributed by atoms with Gasteiger partial charge in [0, 0.05) is 0 Å². The molecule has 32 heavy (non-hydrogen) atoms. The average Bonchev–Trinajstić information content (AvgIpc) is 3.15. The number of hydrogen-bond donors (Lipinski definition) is 1. The van der Waals surface area contributed by atoms with E-state index in [-0.39, 0.29) is 11.5 Å². The van der Waals surface area contributed by atoms with Crippen molar-refractivity contribution in [3.8, 4) is 0 Å². The first kappa shape index (κ1) is 22.2. The van der Waals surface area contributed by atoms with Crippen LogP contribution in [-0.4, -0.2) is 10.9 Å². The smallest absolute Gasteiger partial charge is 0.163 e. The highest BCUT2D eigenvalue weighted by Crippen LogP contribution is 2.67. The lowest BCUT2D eigenvalue weighted by Gasteiger charge is -2.60. The molecule has 1 aromatic rings. The van der Waals surface area contributed by atoms with Gasteiger partial charge in [-0.25, -0.2) is 0 Å². The summed E-state index contributed by atoms with van der Waals surface area (Å²) in [5.41, 5.74) is 3.90. The second-order valence-corrected chi connectivity index (χ2v) is 12.4. The van der Waals surface area contributed by atoms with Crippen LogP contribution in [0.4, 0.5) is 0 Å². The lowest BCUT2D eigenvalue weighted by molar-refractivity contribution is -0.111. The topological polar surface area (TPSA) is 37.3 Å². The van der Waals surface area contributed by atoms with E-state index in [0.29, 0.717) is 22.3 Å². The number of fused-ring (bicyclic) bond motifs is 5. The summed E-state index contributed by atoms with van der Waals surface area (Å²) in [4.78, 5) is 12.0. The fourth-order valence-corrected chi connectivity index (χ4v) is 9.14. The molecular weight excluding hydrogens is 392 g/mol. The molecule has 0 amide bonds. The molecule has 1 unspecified atom stereocenters. The predicted molar refractivity (Wildman–Crippen MR) is 131 cm³/mol. The molecule has 4 aliphatic carbocycles. The van der Waals surface area contributed by atoms with E-state index in [2.05, 4.69) is 26.0 Å². The third kappa shape index (κ3) is 3.48. The van der Waals surface area contributed by atoms with Gasteiger partial charge in [0.25, 0.3) is 0 Å². The first-order valence-corrected chi connectivity index (χ1v) is 13.2. The minimum Gasteiger partial charge on any atom is -0.512 e. The number of benzene rings is 1. The monoisotopic (exact) mass is 434 g/mol. The Morgan fingerprint density at radius 1 is 0.906 bits per heavy atom. The summed E-state index contributed by atoms with van der Waals surface area (Å²) in [7, 11) is 0. The molecule has 0 aliphatic heterocycles. The number of allylic oxidation sites excluding steroid dienone is 2. The minimum atomic E-state index is -0.0752. The lowest BCUT2D eigenvalue weighted by Crippen LogP contribution is -2.52. The van der Waals surface area contributed by atoms with Gasteiger partial charge in [-0.2, -0.15) is 0 Å². The standard InChI is InChI=1S/C30H42O2/c1-19(31)28(20(2)32)22-9-7-21(8-10-22)23-13-17-30(4)24(18-23)11-12-25-26-6-5-15-29(26,3)16-14-27(25)30/h7-10,23-27,31H,5-6,11-18H2,1-4H3/t23?,24-,25-,26-,27-,29-,30-/m1/s1. The van der Waals surface area contributed by atoms with E-state index in [1.165, 1.54) is 76.7 Å². The molecule has 1 aromatic carbocycles. The van der Waals surface area contributed by atoms with Crippen molar-refractivity contribution in [1.29, 1.82) is 0 Å². The predicted octanol–water partition coefficient (Wildman–Crippen LogP) is 8.08. The van der Waals surface area contributed by atoms with Crippen molar-refractivity contribution in [2.45, 2.75) is 97.8 Å². The zero-order chi connectivity index (χ0) is 22.7. The number of rotatable bonds is 3. The minimum absolute atomic E-state index is 0.0752. The summed E-state index contributed by atoms with van der Waals surface area (Å²) in [6.45, 7) is 8.41. The summed E-state index contributed by atoms with van der Waals surface area (Å²) in [5.74, 6) is 4.49. The highest BCUT2D eigenvalue weighted by Gasteiger charge is 2.57. The van der Waals surface area contributed by atoms with Crippen molar-refractivity contribution in [2.24, 2.45) is 34.5 Å². The normalized spacial score (nSPS) is 41.8. The van der Waals surface area contributed by atoms with Crippen LogP contribution in [0.2, 0.25) is 0 Å². The Morgan fingerprint density at radius 2 is 1.66 bits per heavy atom. The maximum absolute atomic E-state index is 12.0. The first-order chi connectivity index (χ1) is 15.2. The molecule has 7 atom stereocenters. The van der Waals surface area contributed by atoms with E-state index >= 15 is 0 Å².